The molecule has 0 amide bonds. The summed E-state index contributed by atoms with van der Waals surface area (Å²) in [5.41, 5.74) is 4.04. The smallest absolute Gasteiger partial charge is 0.339 e. The van der Waals surface area contributed by atoms with Gasteiger partial charge in [-0.15, -0.1) is 0 Å². The van der Waals surface area contributed by atoms with Crippen LogP contribution in [0, 0.1) is 0 Å². The lowest BCUT2D eigenvalue weighted by Crippen LogP contribution is -2.14. The normalized spacial score (nSPS) is 10.6. The van der Waals surface area contributed by atoms with Crippen molar-refractivity contribution in [2.45, 2.75) is 20.0 Å². The van der Waals surface area contributed by atoms with Gasteiger partial charge in [-0.05, 0) is 60.4 Å². The standard InChI is InChI=1S/C24H24O4/c1-16(2)28-24(25)23-21(17-8-12-19(26-3)13-9-17)6-5-7-22(23)18-10-14-20(27-4)15-11-18/h5-16H,1-4H3. The van der Waals surface area contributed by atoms with Crippen molar-refractivity contribution in [1.29, 1.82) is 0 Å². The number of carbonyl (C=O) groups is 1. The van der Waals surface area contributed by atoms with Crippen molar-refractivity contribution in [1.82, 2.24) is 0 Å². The zero-order valence-electron chi connectivity index (χ0n) is 16.6. The van der Waals surface area contributed by atoms with Crippen molar-refractivity contribution < 1.29 is 19.0 Å². The Labute approximate surface area is 165 Å². The fourth-order valence-corrected chi connectivity index (χ4v) is 3.07. The molecule has 4 heteroatoms. The molecule has 3 aromatic rings. The van der Waals surface area contributed by atoms with Crippen LogP contribution in [0.25, 0.3) is 22.3 Å². The second-order valence-corrected chi connectivity index (χ2v) is 6.64. The Balaban J connectivity index is 2.16. The molecule has 0 heterocycles. The Morgan fingerprint density at radius 3 is 1.50 bits per heavy atom. The average Bonchev–Trinajstić information content (AvgIpc) is 2.73. The first-order valence-electron chi connectivity index (χ1n) is 9.16. The van der Waals surface area contributed by atoms with E-state index in [1.165, 1.54) is 0 Å². The number of methoxy groups -OCH3 is 2. The van der Waals surface area contributed by atoms with Crippen molar-refractivity contribution in [3.63, 3.8) is 0 Å². The zero-order valence-corrected chi connectivity index (χ0v) is 16.6. The average molecular weight is 376 g/mol. The Hall–Kier alpha value is -3.27. The van der Waals surface area contributed by atoms with E-state index >= 15 is 0 Å². The summed E-state index contributed by atoms with van der Waals surface area (Å²) in [6.07, 6.45) is -0.208. The molecule has 0 aliphatic carbocycles. The van der Waals surface area contributed by atoms with E-state index in [-0.39, 0.29) is 12.1 Å². The number of hydrogen-bond acceptors (Lipinski definition) is 4. The van der Waals surface area contributed by atoms with E-state index in [2.05, 4.69) is 0 Å². The summed E-state index contributed by atoms with van der Waals surface area (Å²) in [6, 6.07) is 21.1. The second-order valence-electron chi connectivity index (χ2n) is 6.64. The second kappa shape index (κ2) is 8.61. The minimum atomic E-state index is -0.341. The Kier molecular flexibility index (Phi) is 5.99. The molecular weight excluding hydrogens is 352 g/mol. The van der Waals surface area contributed by atoms with Crippen LogP contribution in [0.1, 0.15) is 24.2 Å². The molecule has 4 nitrogen and oxygen atoms in total. The molecule has 0 aliphatic rings. The zero-order chi connectivity index (χ0) is 20.1. The van der Waals surface area contributed by atoms with E-state index < -0.39 is 0 Å². The molecule has 3 aromatic carbocycles. The third-order valence-electron chi connectivity index (χ3n) is 4.41. The van der Waals surface area contributed by atoms with Crippen molar-refractivity contribution in [3.8, 4) is 33.8 Å². The van der Waals surface area contributed by atoms with E-state index in [4.69, 9.17) is 14.2 Å². The summed E-state index contributed by atoms with van der Waals surface area (Å²) in [6.45, 7) is 3.70. The topological polar surface area (TPSA) is 44.8 Å². The summed E-state index contributed by atoms with van der Waals surface area (Å²) in [5, 5.41) is 0. The molecule has 0 bridgehead atoms. The number of esters is 1. The first-order valence-corrected chi connectivity index (χ1v) is 9.16. The molecule has 0 fully saturated rings. The fourth-order valence-electron chi connectivity index (χ4n) is 3.07. The van der Waals surface area contributed by atoms with E-state index in [1.807, 2.05) is 80.6 Å². The molecular formula is C24H24O4. The Morgan fingerprint density at radius 2 is 1.14 bits per heavy atom. The van der Waals surface area contributed by atoms with E-state index in [0.717, 1.165) is 33.8 Å². The van der Waals surface area contributed by atoms with Gasteiger partial charge in [-0.2, -0.15) is 0 Å². The van der Waals surface area contributed by atoms with Gasteiger partial charge in [0.2, 0.25) is 0 Å². The van der Waals surface area contributed by atoms with Gasteiger partial charge in [0.25, 0.3) is 0 Å². The summed E-state index contributed by atoms with van der Waals surface area (Å²) in [4.78, 5) is 13.0. The minimum Gasteiger partial charge on any atom is -0.497 e. The van der Waals surface area contributed by atoms with E-state index in [1.54, 1.807) is 14.2 Å². The fraction of sp³-hybridized carbons (Fsp3) is 0.208. The van der Waals surface area contributed by atoms with E-state index in [0.29, 0.717) is 5.56 Å². The van der Waals surface area contributed by atoms with Gasteiger partial charge in [-0.3, -0.25) is 0 Å². The van der Waals surface area contributed by atoms with Crippen LogP contribution in [0.2, 0.25) is 0 Å². The van der Waals surface area contributed by atoms with Gasteiger partial charge in [0.05, 0.1) is 25.9 Å². The lowest BCUT2D eigenvalue weighted by atomic mass is 9.91. The predicted molar refractivity (Wildman–Crippen MR) is 111 cm³/mol. The largest absolute Gasteiger partial charge is 0.497 e. The molecule has 0 unspecified atom stereocenters. The Morgan fingerprint density at radius 1 is 0.714 bits per heavy atom. The van der Waals surface area contributed by atoms with E-state index in [9.17, 15) is 4.79 Å². The number of carbonyl (C=O) groups excluding carboxylic acids is 1. The van der Waals surface area contributed by atoms with Gasteiger partial charge in [0.15, 0.2) is 0 Å². The van der Waals surface area contributed by atoms with Crippen LogP contribution in [-0.2, 0) is 4.74 Å². The van der Waals surface area contributed by atoms with Crippen molar-refractivity contribution in [3.05, 3.63) is 72.3 Å². The van der Waals surface area contributed by atoms with Crippen LogP contribution in [0.15, 0.2) is 66.7 Å². The molecule has 0 aliphatic heterocycles. The number of rotatable bonds is 6. The third-order valence-corrected chi connectivity index (χ3v) is 4.41. The molecule has 0 spiro atoms. The van der Waals surface area contributed by atoms with Gasteiger partial charge >= 0.3 is 5.97 Å². The molecule has 3 rings (SSSR count). The SMILES string of the molecule is COc1ccc(-c2cccc(-c3ccc(OC)cc3)c2C(=O)OC(C)C)cc1. The van der Waals surface area contributed by atoms with Crippen molar-refractivity contribution >= 4 is 5.97 Å². The maximum atomic E-state index is 13.0. The van der Waals surface area contributed by atoms with Crippen molar-refractivity contribution in [2.75, 3.05) is 14.2 Å². The molecule has 0 atom stereocenters. The van der Waals surface area contributed by atoms with Crippen LogP contribution in [0.3, 0.4) is 0 Å². The molecule has 0 radical (unpaired) electrons. The molecule has 144 valence electrons. The summed E-state index contributed by atoms with van der Waals surface area (Å²) in [5.74, 6) is 1.19. The third kappa shape index (κ3) is 4.17. The molecule has 0 N–H and O–H groups in total. The highest BCUT2D eigenvalue weighted by Gasteiger charge is 2.21. The minimum absolute atomic E-state index is 0.208. The molecule has 28 heavy (non-hydrogen) atoms. The maximum Gasteiger partial charge on any atom is 0.339 e. The first kappa shape index (κ1) is 19.5. The highest BCUT2D eigenvalue weighted by atomic mass is 16.5. The lowest BCUT2D eigenvalue weighted by molar-refractivity contribution is 0.0380. The van der Waals surface area contributed by atoms with Gasteiger partial charge in [-0.25, -0.2) is 4.79 Å². The van der Waals surface area contributed by atoms with Crippen LogP contribution in [0.5, 0.6) is 11.5 Å². The predicted octanol–water partition coefficient (Wildman–Crippen LogP) is 5.60. The summed E-state index contributed by atoms with van der Waals surface area (Å²) >= 11 is 0. The molecule has 0 saturated carbocycles. The van der Waals surface area contributed by atoms with Crippen molar-refractivity contribution in [2.24, 2.45) is 0 Å². The maximum absolute atomic E-state index is 13.0. The number of hydrogen-bond donors (Lipinski definition) is 0. The molecule has 0 aromatic heterocycles. The summed E-state index contributed by atoms with van der Waals surface area (Å²) in [7, 11) is 3.26. The monoisotopic (exact) mass is 376 g/mol. The van der Waals surface area contributed by atoms with Crippen LogP contribution in [0.4, 0.5) is 0 Å². The van der Waals surface area contributed by atoms with Gasteiger partial charge < -0.3 is 14.2 Å². The Bertz CT molecular complexity index is 876. The van der Waals surface area contributed by atoms with Crippen LogP contribution < -0.4 is 9.47 Å². The first-order chi connectivity index (χ1) is 13.5. The molecule has 0 saturated heterocycles. The van der Waals surface area contributed by atoms with Gasteiger partial charge in [-0.1, -0.05) is 42.5 Å². The quantitative estimate of drug-likeness (QED) is 0.525. The van der Waals surface area contributed by atoms with Gasteiger partial charge in [0.1, 0.15) is 11.5 Å². The van der Waals surface area contributed by atoms with Gasteiger partial charge in [0, 0.05) is 0 Å². The number of ether oxygens (including phenoxy) is 3. The summed E-state index contributed by atoms with van der Waals surface area (Å²) < 4.78 is 16.1. The lowest BCUT2D eigenvalue weighted by Gasteiger charge is -2.17. The number of benzene rings is 3. The highest BCUT2D eigenvalue weighted by molar-refractivity contribution is 6.04. The van der Waals surface area contributed by atoms with Crippen LogP contribution >= 0.6 is 0 Å². The van der Waals surface area contributed by atoms with Crippen LogP contribution in [-0.4, -0.2) is 26.3 Å². The highest BCUT2D eigenvalue weighted by Crippen LogP contribution is 2.34.